The number of rotatable bonds is 8. The third kappa shape index (κ3) is 5.05. The molecular weight excluding hydrogens is 308 g/mol. The zero-order chi connectivity index (χ0) is 17.4. The van der Waals surface area contributed by atoms with Gasteiger partial charge >= 0.3 is 5.97 Å². The number of ether oxygens (including phenoxy) is 3. The van der Waals surface area contributed by atoms with Crippen LogP contribution in [0.15, 0.2) is 48.5 Å². The molecule has 2 aromatic carbocycles. The van der Waals surface area contributed by atoms with Crippen molar-refractivity contribution in [2.24, 2.45) is 0 Å². The molecule has 0 fully saturated rings. The Hall–Kier alpha value is -2.95. The standard InChI is InChI=1S/C19H20O5/c1-14-5-3-4-6-16(14)23-11-12-24-18-13-15(8-10-19(20)21)7-9-17(18)22-2/h3-10,13H,11-12H2,1-2H3,(H,20,21). The number of carboxylic acid groups (broad SMARTS) is 1. The maximum absolute atomic E-state index is 10.6. The first-order chi connectivity index (χ1) is 11.6. The highest BCUT2D eigenvalue weighted by Crippen LogP contribution is 2.28. The van der Waals surface area contributed by atoms with Crippen LogP contribution >= 0.6 is 0 Å². The van der Waals surface area contributed by atoms with Gasteiger partial charge in [-0.3, -0.25) is 0 Å². The van der Waals surface area contributed by atoms with Crippen molar-refractivity contribution < 1.29 is 24.1 Å². The molecule has 0 aliphatic heterocycles. The largest absolute Gasteiger partial charge is 0.493 e. The van der Waals surface area contributed by atoms with Gasteiger partial charge in [-0.15, -0.1) is 0 Å². The Morgan fingerprint density at radius 2 is 1.75 bits per heavy atom. The highest BCUT2D eigenvalue weighted by Gasteiger charge is 2.06. The van der Waals surface area contributed by atoms with E-state index in [1.165, 1.54) is 6.08 Å². The Kier molecular flexibility index (Phi) is 6.25. The number of aryl methyl sites for hydroxylation is 1. The van der Waals surface area contributed by atoms with E-state index in [0.29, 0.717) is 30.3 Å². The molecule has 0 heterocycles. The Morgan fingerprint density at radius 3 is 2.42 bits per heavy atom. The zero-order valence-electron chi connectivity index (χ0n) is 13.7. The van der Waals surface area contributed by atoms with Crippen LogP contribution < -0.4 is 14.2 Å². The molecule has 0 amide bonds. The van der Waals surface area contributed by atoms with Gasteiger partial charge in [-0.25, -0.2) is 4.79 Å². The van der Waals surface area contributed by atoms with Crippen molar-refractivity contribution in [3.63, 3.8) is 0 Å². The third-order valence-electron chi connectivity index (χ3n) is 3.30. The summed E-state index contributed by atoms with van der Waals surface area (Å²) in [5.74, 6) is 0.947. The van der Waals surface area contributed by atoms with Crippen molar-refractivity contribution >= 4 is 12.0 Å². The molecule has 0 spiro atoms. The average molecular weight is 328 g/mol. The number of para-hydroxylation sites is 1. The maximum atomic E-state index is 10.6. The lowest BCUT2D eigenvalue weighted by Gasteiger charge is -2.13. The second kappa shape index (κ2) is 8.62. The fourth-order valence-electron chi connectivity index (χ4n) is 2.10. The van der Waals surface area contributed by atoms with Crippen molar-refractivity contribution in [2.75, 3.05) is 20.3 Å². The third-order valence-corrected chi connectivity index (χ3v) is 3.30. The molecule has 0 saturated heterocycles. The normalized spacial score (nSPS) is 10.6. The first-order valence-corrected chi connectivity index (χ1v) is 7.50. The van der Waals surface area contributed by atoms with Gasteiger partial charge in [0.2, 0.25) is 0 Å². The van der Waals surface area contributed by atoms with Crippen molar-refractivity contribution in [1.82, 2.24) is 0 Å². The SMILES string of the molecule is COc1ccc(C=CC(=O)O)cc1OCCOc1ccccc1C. The molecule has 0 aromatic heterocycles. The quantitative estimate of drug-likeness (QED) is 0.593. The Balaban J connectivity index is 1.96. The lowest BCUT2D eigenvalue weighted by molar-refractivity contribution is -0.131. The molecule has 0 atom stereocenters. The van der Waals surface area contributed by atoms with Crippen molar-refractivity contribution in [2.45, 2.75) is 6.92 Å². The number of hydrogen-bond donors (Lipinski definition) is 1. The molecule has 0 aliphatic rings. The van der Waals surface area contributed by atoms with Gasteiger partial charge in [0.15, 0.2) is 11.5 Å². The number of methoxy groups -OCH3 is 1. The summed E-state index contributed by atoms with van der Waals surface area (Å²) in [7, 11) is 1.55. The molecule has 126 valence electrons. The fourth-order valence-corrected chi connectivity index (χ4v) is 2.10. The molecule has 5 heteroatoms. The minimum Gasteiger partial charge on any atom is -0.493 e. The predicted molar refractivity (Wildman–Crippen MR) is 91.8 cm³/mol. The van der Waals surface area contributed by atoms with Gasteiger partial charge in [0.25, 0.3) is 0 Å². The molecule has 5 nitrogen and oxygen atoms in total. The summed E-state index contributed by atoms with van der Waals surface area (Å²) in [5, 5.41) is 8.69. The van der Waals surface area contributed by atoms with E-state index < -0.39 is 5.97 Å². The molecule has 0 radical (unpaired) electrons. The summed E-state index contributed by atoms with van der Waals surface area (Å²) in [6, 6.07) is 13.0. The van der Waals surface area contributed by atoms with Gasteiger partial charge in [0.1, 0.15) is 19.0 Å². The molecule has 2 aromatic rings. The van der Waals surface area contributed by atoms with Crippen molar-refractivity contribution in [3.8, 4) is 17.2 Å². The molecule has 24 heavy (non-hydrogen) atoms. The second-order valence-electron chi connectivity index (χ2n) is 5.04. The summed E-state index contributed by atoms with van der Waals surface area (Å²) in [4.78, 5) is 10.6. The summed E-state index contributed by atoms with van der Waals surface area (Å²) in [6.07, 6.45) is 2.57. The van der Waals surface area contributed by atoms with Gasteiger partial charge in [0, 0.05) is 6.08 Å². The van der Waals surface area contributed by atoms with Crippen LogP contribution in [0, 0.1) is 6.92 Å². The number of benzene rings is 2. The second-order valence-corrected chi connectivity index (χ2v) is 5.04. The van der Waals surface area contributed by atoms with Crippen LogP contribution in [0.4, 0.5) is 0 Å². The molecule has 0 aliphatic carbocycles. The van der Waals surface area contributed by atoms with Crippen LogP contribution in [-0.4, -0.2) is 31.4 Å². The van der Waals surface area contributed by atoms with E-state index in [2.05, 4.69) is 0 Å². The smallest absolute Gasteiger partial charge is 0.328 e. The van der Waals surface area contributed by atoms with Crippen LogP contribution in [0.2, 0.25) is 0 Å². The Bertz CT molecular complexity index is 721. The van der Waals surface area contributed by atoms with Crippen LogP contribution in [0.25, 0.3) is 6.08 Å². The van der Waals surface area contributed by atoms with E-state index in [1.807, 2.05) is 31.2 Å². The van der Waals surface area contributed by atoms with E-state index in [9.17, 15) is 4.79 Å². The zero-order valence-corrected chi connectivity index (χ0v) is 13.7. The number of aliphatic carboxylic acids is 1. The van der Waals surface area contributed by atoms with Crippen LogP contribution in [0.5, 0.6) is 17.2 Å². The predicted octanol–water partition coefficient (Wildman–Crippen LogP) is 3.56. The highest BCUT2D eigenvalue weighted by atomic mass is 16.5. The summed E-state index contributed by atoms with van der Waals surface area (Å²) >= 11 is 0. The topological polar surface area (TPSA) is 65.0 Å². The minimum atomic E-state index is -1.00. The fraction of sp³-hybridized carbons (Fsp3) is 0.211. The molecular formula is C19H20O5. The lowest BCUT2D eigenvalue weighted by atomic mass is 10.2. The van der Waals surface area contributed by atoms with E-state index in [4.69, 9.17) is 19.3 Å². The number of hydrogen-bond acceptors (Lipinski definition) is 4. The molecule has 0 unspecified atom stereocenters. The minimum absolute atomic E-state index is 0.344. The van der Waals surface area contributed by atoms with Crippen LogP contribution in [0.3, 0.4) is 0 Å². The monoisotopic (exact) mass is 328 g/mol. The maximum Gasteiger partial charge on any atom is 0.328 e. The highest BCUT2D eigenvalue weighted by molar-refractivity contribution is 5.85. The van der Waals surface area contributed by atoms with Gasteiger partial charge in [-0.2, -0.15) is 0 Å². The van der Waals surface area contributed by atoms with Crippen molar-refractivity contribution in [3.05, 3.63) is 59.7 Å². The number of carbonyl (C=O) groups is 1. The summed E-state index contributed by atoms with van der Waals surface area (Å²) in [6.45, 7) is 2.72. The molecule has 0 bridgehead atoms. The van der Waals surface area contributed by atoms with E-state index in [1.54, 1.807) is 25.3 Å². The van der Waals surface area contributed by atoms with E-state index >= 15 is 0 Å². The first-order valence-electron chi connectivity index (χ1n) is 7.50. The van der Waals surface area contributed by atoms with E-state index in [0.717, 1.165) is 17.4 Å². The number of carboxylic acids is 1. The first kappa shape index (κ1) is 17.4. The Labute approximate surface area is 141 Å². The summed E-state index contributed by atoms with van der Waals surface area (Å²) < 4.78 is 16.6. The lowest BCUT2D eigenvalue weighted by Crippen LogP contribution is -2.10. The van der Waals surface area contributed by atoms with Crippen molar-refractivity contribution in [1.29, 1.82) is 0 Å². The average Bonchev–Trinajstić information content (AvgIpc) is 2.58. The van der Waals surface area contributed by atoms with Gasteiger partial charge in [-0.1, -0.05) is 24.3 Å². The molecule has 1 N–H and O–H groups in total. The molecule has 2 rings (SSSR count). The van der Waals surface area contributed by atoms with Gasteiger partial charge < -0.3 is 19.3 Å². The van der Waals surface area contributed by atoms with E-state index in [-0.39, 0.29) is 0 Å². The van der Waals surface area contributed by atoms with Crippen LogP contribution in [0.1, 0.15) is 11.1 Å². The summed E-state index contributed by atoms with van der Waals surface area (Å²) in [5.41, 5.74) is 1.78. The molecule has 0 saturated carbocycles. The van der Waals surface area contributed by atoms with Gasteiger partial charge in [-0.05, 0) is 42.3 Å². The van der Waals surface area contributed by atoms with Crippen LogP contribution in [-0.2, 0) is 4.79 Å². The Morgan fingerprint density at radius 1 is 1.04 bits per heavy atom. The van der Waals surface area contributed by atoms with Gasteiger partial charge in [0.05, 0.1) is 7.11 Å².